The Bertz CT molecular complexity index is 281. The van der Waals surface area contributed by atoms with E-state index in [1.165, 1.54) is 0 Å². The number of aromatic nitrogens is 2. The molecule has 1 heterocycles. The molecule has 1 aromatic heterocycles. The van der Waals surface area contributed by atoms with Gasteiger partial charge < -0.3 is 9.67 Å². The zero-order valence-corrected chi connectivity index (χ0v) is 9.98. The van der Waals surface area contributed by atoms with E-state index in [0.717, 1.165) is 31.6 Å². The fourth-order valence-corrected chi connectivity index (χ4v) is 1.71. The van der Waals surface area contributed by atoms with E-state index in [4.69, 9.17) is 0 Å². The summed E-state index contributed by atoms with van der Waals surface area (Å²) in [4.78, 5) is 4.33. The van der Waals surface area contributed by atoms with Gasteiger partial charge in [-0.2, -0.15) is 0 Å². The van der Waals surface area contributed by atoms with Gasteiger partial charge in [-0.1, -0.05) is 20.8 Å². The van der Waals surface area contributed by atoms with Crippen molar-refractivity contribution < 1.29 is 5.11 Å². The monoisotopic (exact) mass is 210 g/mol. The van der Waals surface area contributed by atoms with Gasteiger partial charge in [0.1, 0.15) is 5.82 Å². The first-order chi connectivity index (χ1) is 7.15. The highest BCUT2D eigenvalue weighted by molar-refractivity contribution is 4.97. The lowest BCUT2D eigenvalue weighted by molar-refractivity contribution is 0.155. The van der Waals surface area contributed by atoms with Crippen molar-refractivity contribution in [2.24, 2.45) is 0 Å². The normalized spacial score (nSPS) is 13.4. The molecule has 0 saturated carbocycles. The highest BCUT2D eigenvalue weighted by Gasteiger charge is 2.07. The number of nitrogens with zero attached hydrogens (tertiary/aromatic N) is 2. The van der Waals surface area contributed by atoms with Gasteiger partial charge in [0.05, 0.1) is 6.10 Å². The number of hydrogen-bond donors (Lipinski definition) is 1. The fourth-order valence-electron chi connectivity index (χ4n) is 1.71. The zero-order valence-electron chi connectivity index (χ0n) is 9.98. The van der Waals surface area contributed by atoms with Crippen molar-refractivity contribution in [1.82, 2.24) is 9.55 Å². The molecule has 0 aliphatic heterocycles. The molecule has 0 bridgehead atoms. The van der Waals surface area contributed by atoms with Crippen molar-refractivity contribution >= 4 is 0 Å². The van der Waals surface area contributed by atoms with Crippen molar-refractivity contribution in [3.05, 3.63) is 18.2 Å². The second-order valence-corrected chi connectivity index (χ2v) is 4.34. The van der Waals surface area contributed by atoms with E-state index in [-0.39, 0.29) is 6.10 Å². The van der Waals surface area contributed by atoms with Crippen LogP contribution >= 0.6 is 0 Å². The Kier molecular flexibility index (Phi) is 4.82. The number of aryl methyl sites for hydroxylation is 1. The average Bonchev–Trinajstić information content (AvgIpc) is 2.65. The van der Waals surface area contributed by atoms with E-state index < -0.39 is 0 Å². The lowest BCUT2D eigenvalue weighted by Gasteiger charge is -2.11. The molecule has 3 heteroatoms. The lowest BCUT2D eigenvalue weighted by Crippen LogP contribution is -2.09. The smallest absolute Gasteiger partial charge is 0.111 e. The molecule has 0 spiro atoms. The molecule has 86 valence electrons. The third kappa shape index (κ3) is 3.67. The van der Waals surface area contributed by atoms with Gasteiger partial charge in [0.25, 0.3) is 0 Å². The molecule has 0 aliphatic rings. The molecular formula is C12H22N2O. The maximum atomic E-state index is 9.44. The summed E-state index contributed by atoms with van der Waals surface area (Å²) in [6, 6.07) is 0. The van der Waals surface area contributed by atoms with Crippen LogP contribution < -0.4 is 0 Å². The Morgan fingerprint density at radius 1 is 1.47 bits per heavy atom. The van der Waals surface area contributed by atoms with Gasteiger partial charge >= 0.3 is 0 Å². The standard InChI is InChI=1S/C12H22N2O/c1-4-11(15)6-5-8-14-9-7-13-12(14)10(2)3/h7,9-11,15H,4-6,8H2,1-3H3. The van der Waals surface area contributed by atoms with Gasteiger partial charge in [0.2, 0.25) is 0 Å². The van der Waals surface area contributed by atoms with E-state index in [1.54, 1.807) is 0 Å². The first-order valence-electron chi connectivity index (χ1n) is 5.84. The van der Waals surface area contributed by atoms with Gasteiger partial charge in [-0.25, -0.2) is 4.98 Å². The van der Waals surface area contributed by atoms with Gasteiger partial charge in [-0.05, 0) is 19.3 Å². The van der Waals surface area contributed by atoms with Crippen LogP contribution in [0.3, 0.4) is 0 Å². The molecule has 0 radical (unpaired) electrons. The second kappa shape index (κ2) is 5.91. The van der Waals surface area contributed by atoms with Crippen LogP contribution in [0.15, 0.2) is 12.4 Å². The van der Waals surface area contributed by atoms with Crippen molar-refractivity contribution in [1.29, 1.82) is 0 Å². The minimum absolute atomic E-state index is 0.143. The van der Waals surface area contributed by atoms with Gasteiger partial charge in [0.15, 0.2) is 0 Å². The molecule has 0 aromatic carbocycles. The molecule has 0 saturated heterocycles. The van der Waals surface area contributed by atoms with Crippen LogP contribution in [0, 0.1) is 0 Å². The summed E-state index contributed by atoms with van der Waals surface area (Å²) in [5.41, 5.74) is 0. The number of aliphatic hydroxyl groups excluding tert-OH is 1. The Morgan fingerprint density at radius 3 is 2.80 bits per heavy atom. The van der Waals surface area contributed by atoms with Crippen LogP contribution in [0.5, 0.6) is 0 Å². The molecule has 1 unspecified atom stereocenters. The van der Waals surface area contributed by atoms with E-state index >= 15 is 0 Å². The van der Waals surface area contributed by atoms with Crippen molar-refractivity contribution in [3.8, 4) is 0 Å². The fraction of sp³-hybridized carbons (Fsp3) is 0.750. The molecule has 1 aromatic rings. The highest BCUT2D eigenvalue weighted by Crippen LogP contribution is 2.13. The predicted molar refractivity (Wildman–Crippen MR) is 61.8 cm³/mol. The van der Waals surface area contributed by atoms with E-state index in [1.807, 2.05) is 19.3 Å². The number of aliphatic hydroxyl groups is 1. The SMILES string of the molecule is CCC(O)CCCn1ccnc1C(C)C. The molecule has 1 N–H and O–H groups in total. The van der Waals surface area contributed by atoms with Crippen LogP contribution in [0.1, 0.15) is 51.8 Å². The summed E-state index contributed by atoms with van der Waals surface area (Å²) in [5, 5.41) is 9.44. The first kappa shape index (κ1) is 12.2. The minimum Gasteiger partial charge on any atom is -0.393 e. The molecule has 0 aliphatic carbocycles. The Morgan fingerprint density at radius 2 is 2.20 bits per heavy atom. The minimum atomic E-state index is -0.143. The zero-order chi connectivity index (χ0) is 11.3. The van der Waals surface area contributed by atoms with Crippen LogP contribution in [-0.4, -0.2) is 20.8 Å². The summed E-state index contributed by atoms with van der Waals surface area (Å²) < 4.78 is 2.19. The Hall–Kier alpha value is -0.830. The third-order valence-electron chi connectivity index (χ3n) is 2.67. The van der Waals surface area contributed by atoms with Crippen molar-refractivity contribution in [3.63, 3.8) is 0 Å². The Balaban J connectivity index is 2.40. The molecule has 15 heavy (non-hydrogen) atoms. The van der Waals surface area contributed by atoms with Crippen LogP contribution in [0.25, 0.3) is 0 Å². The molecule has 0 amide bonds. The highest BCUT2D eigenvalue weighted by atomic mass is 16.3. The molecule has 3 nitrogen and oxygen atoms in total. The van der Waals surface area contributed by atoms with E-state index in [2.05, 4.69) is 23.4 Å². The van der Waals surface area contributed by atoms with Crippen LogP contribution in [0.4, 0.5) is 0 Å². The van der Waals surface area contributed by atoms with Crippen LogP contribution in [-0.2, 0) is 6.54 Å². The average molecular weight is 210 g/mol. The molecule has 0 fully saturated rings. The summed E-state index contributed by atoms with van der Waals surface area (Å²) in [6.45, 7) is 7.28. The summed E-state index contributed by atoms with van der Waals surface area (Å²) in [6.07, 6.45) is 6.48. The molecule has 1 rings (SSSR count). The summed E-state index contributed by atoms with van der Waals surface area (Å²) in [5.74, 6) is 1.61. The predicted octanol–water partition coefficient (Wildman–Crippen LogP) is 2.56. The second-order valence-electron chi connectivity index (χ2n) is 4.34. The van der Waals surface area contributed by atoms with Crippen molar-refractivity contribution in [2.45, 2.75) is 58.6 Å². The van der Waals surface area contributed by atoms with E-state index in [0.29, 0.717) is 5.92 Å². The molecular weight excluding hydrogens is 188 g/mol. The van der Waals surface area contributed by atoms with Crippen LogP contribution in [0.2, 0.25) is 0 Å². The first-order valence-corrected chi connectivity index (χ1v) is 5.84. The van der Waals surface area contributed by atoms with Gasteiger partial charge in [0, 0.05) is 24.9 Å². The number of hydrogen-bond acceptors (Lipinski definition) is 2. The van der Waals surface area contributed by atoms with E-state index in [9.17, 15) is 5.11 Å². The number of imidazole rings is 1. The quantitative estimate of drug-likeness (QED) is 0.783. The Labute approximate surface area is 92.1 Å². The maximum absolute atomic E-state index is 9.44. The topological polar surface area (TPSA) is 38.0 Å². The molecule has 1 atom stereocenters. The number of rotatable bonds is 6. The summed E-state index contributed by atoms with van der Waals surface area (Å²) >= 11 is 0. The lowest BCUT2D eigenvalue weighted by atomic mass is 10.1. The van der Waals surface area contributed by atoms with Gasteiger partial charge in [-0.15, -0.1) is 0 Å². The van der Waals surface area contributed by atoms with Crippen molar-refractivity contribution in [2.75, 3.05) is 0 Å². The summed E-state index contributed by atoms with van der Waals surface area (Å²) in [7, 11) is 0. The largest absolute Gasteiger partial charge is 0.393 e. The third-order valence-corrected chi connectivity index (χ3v) is 2.67. The maximum Gasteiger partial charge on any atom is 0.111 e. The van der Waals surface area contributed by atoms with Gasteiger partial charge in [-0.3, -0.25) is 0 Å².